The SMILES string of the molecule is c1ccc(-c2cc(-c3ccccc3)c3oc4cccc(-c5nc(-c6ccccc6)nc(-c6ccc(-n7c8ccccc8c8ccccc87)cc6)n5)c4c3c2)cc1. The van der Waals surface area contributed by atoms with Gasteiger partial charge in [-0.2, -0.15) is 0 Å². The third-order valence-electron chi connectivity index (χ3n) is 10.7. The summed E-state index contributed by atoms with van der Waals surface area (Å²) in [6.45, 7) is 0. The third kappa shape index (κ3) is 5.29. The molecule has 0 atom stereocenters. The van der Waals surface area contributed by atoms with Gasteiger partial charge in [0.2, 0.25) is 0 Å². The van der Waals surface area contributed by atoms with Gasteiger partial charge in [0.1, 0.15) is 11.2 Å². The molecule has 11 aromatic rings. The number of nitrogens with zero attached hydrogens (tertiary/aromatic N) is 4. The lowest BCUT2D eigenvalue weighted by atomic mass is 9.95. The average molecular weight is 717 g/mol. The molecule has 0 saturated heterocycles. The van der Waals surface area contributed by atoms with E-state index in [1.165, 1.54) is 21.8 Å². The van der Waals surface area contributed by atoms with Crippen LogP contribution in [-0.4, -0.2) is 19.5 Å². The number of hydrogen-bond acceptors (Lipinski definition) is 4. The van der Waals surface area contributed by atoms with Crippen LogP contribution in [0, 0.1) is 0 Å². The molecule has 5 heteroatoms. The van der Waals surface area contributed by atoms with Gasteiger partial charge in [-0.05, 0) is 71.3 Å². The van der Waals surface area contributed by atoms with Crippen LogP contribution < -0.4 is 0 Å². The topological polar surface area (TPSA) is 56.7 Å². The Kier molecular flexibility index (Phi) is 7.42. The third-order valence-corrected chi connectivity index (χ3v) is 10.7. The standard InChI is InChI=1S/C51H32N4O/c1-4-15-33(16-5-1)37-31-42(34-17-6-2-7-18-34)48-43(32-37)47-41(23-14-26-46(47)56-48)51-53-49(35-19-8-3-9-20-35)52-50(54-51)36-27-29-38(30-28-36)55-44-24-12-10-21-39(44)40-22-11-13-25-45(40)55/h1-32H. The summed E-state index contributed by atoms with van der Waals surface area (Å²) in [6, 6.07) is 67.3. The van der Waals surface area contributed by atoms with Gasteiger partial charge >= 0.3 is 0 Å². The molecule has 0 saturated carbocycles. The lowest BCUT2D eigenvalue weighted by Crippen LogP contribution is -2.01. The Morgan fingerprint density at radius 1 is 0.357 bits per heavy atom. The van der Waals surface area contributed by atoms with E-state index in [1.807, 2.05) is 54.6 Å². The first kappa shape index (κ1) is 31.9. The van der Waals surface area contributed by atoms with Crippen molar-refractivity contribution >= 4 is 43.7 Å². The van der Waals surface area contributed by atoms with Crippen molar-refractivity contribution in [3.8, 4) is 62.1 Å². The fourth-order valence-corrected chi connectivity index (χ4v) is 8.05. The largest absolute Gasteiger partial charge is 0.455 e. The first-order chi connectivity index (χ1) is 27.8. The van der Waals surface area contributed by atoms with Gasteiger partial charge in [0, 0.05) is 49.5 Å². The van der Waals surface area contributed by atoms with Crippen molar-refractivity contribution in [1.82, 2.24) is 19.5 Å². The normalized spacial score (nSPS) is 11.6. The van der Waals surface area contributed by atoms with Crippen LogP contribution in [0.2, 0.25) is 0 Å². The van der Waals surface area contributed by atoms with Crippen molar-refractivity contribution in [2.75, 3.05) is 0 Å². The van der Waals surface area contributed by atoms with E-state index in [1.54, 1.807) is 0 Å². The van der Waals surface area contributed by atoms with Crippen LogP contribution in [0.1, 0.15) is 0 Å². The molecule has 0 unspecified atom stereocenters. The first-order valence-electron chi connectivity index (χ1n) is 18.8. The van der Waals surface area contributed by atoms with Crippen LogP contribution >= 0.6 is 0 Å². The average Bonchev–Trinajstić information content (AvgIpc) is 3.83. The molecule has 0 aliphatic carbocycles. The van der Waals surface area contributed by atoms with Gasteiger partial charge in [0.15, 0.2) is 17.5 Å². The van der Waals surface area contributed by atoms with Crippen molar-refractivity contribution in [2.24, 2.45) is 0 Å². The van der Waals surface area contributed by atoms with E-state index in [4.69, 9.17) is 19.4 Å². The van der Waals surface area contributed by atoms with Crippen LogP contribution in [0.4, 0.5) is 0 Å². The second-order valence-electron chi connectivity index (χ2n) is 14.0. The summed E-state index contributed by atoms with van der Waals surface area (Å²) in [4.78, 5) is 15.5. The summed E-state index contributed by atoms with van der Waals surface area (Å²) in [6.07, 6.45) is 0. The molecule has 0 amide bonds. The van der Waals surface area contributed by atoms with E-state index in [0.29, 0.717) is 17.5 Å². The minimum Gasteiger partial charge on any atom is -0.455 e. The molecular formula is C51H32N4O. The van der Waals surface area contributed by atoms with E-state index in [2.05, 4.69) is 144 Å². The maximum Gasteiger partial charge on any atom is 0.164 e. The predicted octanol–water partition coefficient (Wildman–Crippen LogP) is 13.2. The molecule has 0 bridgehead atoms. The van der Waals surface area contributed by atoms with Crippen LogP contribution in [0.25, 0.3) is 106 Å². The highest BCUT2D eigenvalue weighted by molar-refractivity contribution is 6.16. The molecule has 0 N–H and O–H groups in total. The molecule has 0 aliphatic rings. The lowest BCUT2D eigenvalue weighted by Gasteiger charge is -2.11. The lowest BCUT2D eigenvalue weighted by molar-refractivity contribution is 0.670. The predicted molar refractivity (Wildman–Crippen MR) is 229 cm³/mol. The smallest absolute Gasteiger partial charge is 0.164 e. The van der Waals surface area contributed by atoms with Crippen LogP contribution in [-0.2, 0) is 0 Å². The Bertz CT molecular complexity index is 3170. The molecule has 56 heavy (non-hydrogen) atoms. The Labute approximate surface area is 322 Å². The zero-order valence-electron chi connectivity index (χ0n) is 30.2. The molecule has 0 aliphatic heterocycles. The Morgan fingerprint density at radius 2 is 0.893 bits per heavy atom. The number of benzene rings is 8. The van der Waals surface area contributed by atoms with Gasteiger partial charge in [-0.25, -0.2) is 15.0 Å². The first-order valence-corrected chi connectivity index (χ1v) is 18.8. The maximum atomic E-state index is 6.76. The van der Waals surface area contributed by atoms with E-state index in [9.17, 15) is 0 Å². The van der Waals surface area contributed by atoms with Gasteiger partial charge in [-0.15, -0.1) is 0 Å². The van der Waals surface area contributed by atoms with E-state index >= 15 is 0 Å². The summed E-state index contributed by atoms with van der Waals surface area (Å²) in [5.41, 5.74) is 12.1. The van der Waals surface area contributed by atoms with E-state index in [0.717, 1.165) is 66.6 Å². The number of hydrogen-bond donors (Lipinski definition) is 0. The molecule has 262 valence electrons. The molecule has 0 spiro atoms. The molecular weight excluding hydrogens is 685 g/mol. The van der Waals surface area contributed by atoms with Crippen molar-refractivity contribution in [3.05, 3.63) is 194 Å². The van der Waals surface area contributed by atoms with Crippen molar-refractivity contribution in [1.29, 1.82) is 0 Å². The number of fused-ring (bicyclic) bond motifs is 6. The van der Waals surface area contributed by atoms with Gasteiger partial charge in [-0.1, -0.05) is 140 Å². The molecule has 3 heterocycles. The highest BCUT2D eigenvalue weighted by Gasteiger charge is 2.21. The van der Waals surface area contributed by atoms with Crippen LogP contribution in [0.3, 0.4) is 0 Å². The summed E-state index contributed by atoms with van der Waals surface area (Å²) >= 11 is 0. The highest BCUT2D eigenvalue weighted by Crippen LogP contribution is 2.43. The van der Waals surface area contributed by atoms with Gasteiger partial charge in [0.05, 0.1) is 11.0 Å². The minimum absolute atomic E-state index is 0.583. The Morgan fingerprint density at radius 3 is 1.54 bits per heavy atom. The number of rotatable bonds is 6. The van der Waals surface area contributed by atoms with E-state index < -0.39 is 0 Å². The molecule has 0 fully saturated rings. The Balaban J connectivity index is 1.11. The quantitative estimate of drug-likeness (QED) is 0.172. The fourth-order valence-electron chi connectivity index (χ4n) is 8.05. The molecule has 3 aromatic heterocycles. The summed E-state index contributed by atoms with van der Waals surface area (Å²) in [5.74, 6) is 1.79. The monoisotopic (exact) mass is 716 g/mol. The molecule has 8 aromatic carbocycles. The Hall–Kier alpha value is -7.63. The van der Waals surface area contributed by atoms with Gasteiger partial charge in [0.25, 0.3) is 0 Å². The minimum atomic E-state index is 0.583. The second kappa shape index (κ2) is 13.0. The fraction of sp³-hybridized carbons (Fsp3) is 0. The summed E-state index contributed by atoms with van der Waals surface area (Å²) < 4.78 is 9.08. The summed E-state index contributed by atoms with van der Waals surface area (Å²) in [5, 5.41) is 4.44. The zero-order valence-corrected chi connectivity index (χ0v) is 30.2. The second-order valence-corrected chi connectivity index (χ2v) is 14.0. The molecule has 11 rings (SSSR count). The van der Waals surface area contributed by atoms with Crippen molar-refractivity contribution in [3.63, 3.8) is 0 Å². The van der Waals surface area contributed by atoms with Gasteiger partial charge in [-0.3, -0.25) is 0 Å². The molecule has 5 nitrogen and oxygen atoms in total. The van der Waals surface area contributed by atoms with Crippen LogP contribution in [0.15, 0.2) is 199 Å². The number of aromatic nitrogens is 4. The van der Waals surface area contributed by atoms with Crippen LogP contribution in [0.5, 0.6) is 0 Å². The van der Waals surface area contributed by atoms with Crippen molar-refractivity contribution < 1.29 is 4.42 Å². The highest BCUT2D eigenvalue weighted by atomic mass is 16.3. The summed E-state index contributed by atoms with van der Waals surface area (Å²) in [7, 11) is 0. The van der Waals surface area contributed by atoms with Crippen molar-refractivity contribution in [2.45, 2.75) is 0 Å². The number of para-hydroxylation sites is 2. The van der Waals surface area contributed by atoms with Gasteiger partial charge < -0.3 is 8.98 Å². The maximum absolute atomic E-state index is 6.76. The number of furan rings is 1. The zero-order chi connectivity index (χ0) is 37.0. The van der Waals surface area contributed by atoms with E-state index in [-0.39, 0.29) is 0 Å². The molecule has 0 radical (unpaired) electrons.